The summed E-state index contributed by atoms with van der Waals surface area (Å²) in [5, 5.41) is 12.3. The van der Waals surface area contributed by atoms with Crippen molar-refractivity contribution in [3.05, 3.63) is 54.7 Å². The van der Waals surface area contributed by atoms with Gasteiger partial charge in [-0.3, -0.25) is 4.98 Å². The van der Waals surface area contributed by atoms with Crippen LogP contribution in [0.5, 0.6) is 5.75 Å². The predicted molar refractivity (Wildman–Crippen MR) is 70.9 cm³/mol. The van der Waals surface area contributed by atoms with E-state index in [2.05, 4.69) is 15.3 Å². The number of benzene rings is 2. The zero-order chi connectivity index (χ0) is 12.4. The molecule has 1 aromatic heterocycles. The van der Waals surface area contributed by atoms with Gasteiger partial charge >= 0.3 is 0 Å². The summed E-state index contributed by atoms with van der Waals surface area (Å²) in [6, 6.07) is 14.5. The average Bonchev–Trinajstić information content (AvgIpc) is 2.41. The first-order chi connectivity index (χ1) is 8.81. The SMILES string of the molecule is Oc1ccc(Nc2cnc3ccccc3n2)cc1. The van der Waals surface area contributed by atoms with Crippen LogP contribution >= 0.6 is 0 Å². The van der Waals surface area contributed by atoms with E-state index in [1.165, 1.54) is 0 Å². The van der Waals surface area contributed by atoms with E-state index in [1.807, 2.05) is 24.3 Å². The van der Waals surface area contributed by atoms with Crippen molar-refractivity contribution in [2.45, 2.75) is 0 Å². The summed E-state index contributed by atoms with van der Waals surface area (Å²) < 4.78 is 0. The summed E-state index contributed by atoms with van der Waals surface area (Å²) in [4.78, 5) is 8.78. The highest BCUT2D eigenvalue weighted by atomic mass is 16.3. The quantitative estimate of drug-likeness (QED) is 0.672. The Morgan fingerprint density at radius 3 is 2.39 bits per heavy atom. The molecule has 0 amide bonds. The number of anilines is 2. The molecule has 0 fully saturated rings. The number of rotatable bonds is 2. The lowest BCUT2D eigenvalue weighted by Gasteiger charge is -2.06. The molecule has 1 heterocycles. The summed E-state index contributed by atoms with van der Waals surface area (Å²) in [6.07, 6.45) is 1.69. The van der Waals surface area contributed by atoms with Crippen molar-refractivity contribution in [3.63, 3.8) is 0 Å². The molecule has 3 rings (SSSR count). The normalized spacial score (nSPS) is 10.4. The number of aromatic hydroxyl groups is 1. The molecule has 0 bridgehead atoms. The van der Waals surface area contributed by atoms with Gasteiger partial charge in [-0.25, -0.2) is 4.98 Å². The van der Waals surface area contributed by atoms with Crippen molar-refractivity contribution in [1.29, 1.82) is 0 Å². The van der Waals surface area contributed by atoms with Gasteiger partial charge in [0.1, 0.15) is 11.6 Å². The standard InChI is InChI=1S/C14H11N3O/c18-11-7-5-10(6-8-11)16-14-9-15-12-3-1-2-4-13(12)17-14/h1-9,18H,(H,16,17). The molecular weight excluding hydrogens is 226 g/mol. The number of hydrogen-bond acceptors (Lipinski definition) is 4. The van der Waals surface area contributed by atoms with Gasteiger partial charge in [0.25, 0.3) is 0 Å². The Morgan fingerprint density at radius 2 is 1.61 bits per heavy atom. The highest BCUT2D eigenvalue weighted by molar-refractivity contribution is 5.76. The van der Waals surface area contributed by atoms with Gasteiger partial charge in [-0.05, 0) is 36.4 Å². The van der Waals surface area contributed by atoms with Gasteiger partial charge < -0.3 is 10.4 Å². The molecule has 0 saturated heterocycles. The topological polar surface area (TPSA) is 58.0 Å². The Labute approximate surface area is 104 Å². The third-order valence-corrected chi connectivity index (χ3v) is 2.59. The van der Waals surface area contributed by atoms with E-state index >= 15 is 0 Å². The van der Waals surface area contributed by atoms with Crippen LogP contribution in [0.15, 0.2) is 54.7 Å². The van der Waals surface area contributed by atoms with E-state index < -0.39 is 0 Å². The van der Waals surface area contributed by atoms with Crippen LogP contribution in [-0.4, -0.2) is 15.1 Å². The maximum absolute atomic E-state index is 9.21. The first-order valence-corrected chi connectivity index (χ1v) is 5.59. The number of aromatic nitrogens is 2. The number of phenolic OH excluding ortho intramolecular Hbond substituents is 1. The van der Waals surface area contributed by atoms with Crippen LogP contribution in [-0.2, 0) is 0 Å². The summed E-state index contributed by atoms with van der Waals surface area (Å²) in [6.45, 7) is 0. The van der Waals surface area contributed by atoms with Crippen LogP contribution in [0, 0.1) is 0 Å². The first kappa shape index (κ1) is 10.5. The van der Waals surface area contributed by atoms with E-state index in [1.54, 1.807) is 30.5 Å². The molecule has 4 nitrogen and oxygen atoms in total. The smallest absolute Gasteiger partial charge is 0.149 e. The number of fused-ring (bicyclic) bond motifs is 1. The highest BCUT2D eigenvalue weighted by Gasteiger charge is 1.99. The number of hydrogen-bond donors (Lipinski definition) is 2. The molecule has 0 aliphatic heterocycles. The summed E-state index contributed by atoms with van der Waals surface area (Å²) in [5.41, 5.74) is 2.58. The van der Waals surface area contributed by atoms with E-state index in [0.29, 0.717) is 5.82 Å². The molecule has 88 valence electrons. The molecule has 2 N–H and O–H groups in total. The number of para-hydroxylation sites is 2. The monoisotopic (exact) mass is 237 g/mol. The van der Waals surface area contributed by atoms with Crippen molar-refractivity contribution in [3.8, 4) is 5.75 Å². The Bertz CT molecular complexity index is 680. The van der Waals surface area contributed by atoms with Crippen LogP contribution in [0.25, 0.3) is 11.0 Å². The van der Waals surface area contributed by atoms with Crippen LogP contribution < -0.4 is 5.32 Å². The zero-order valence-corrected chi connectivity index (χ0v) is 9.54. The van der Waals surface area contributed by atoms with E-state index in [9.17, 15) is 5.11 Å². The van der Waals surface area contributed by atoms with Gasteiger partial charge in [-0.2, -0.15) is 0 Å². The van der Waals surface area contributed by atoms with Crippen LogP contribution in [0.1, 0.15) is 0 Å². The van der Waals surface area contributed by atoms with Gasteiger partial charge in [0.15, 0.2) is 0 Å². The van der Waals surface area contributed by atoms with Crippen molar-refractivity contribution in [2.24, 2.45) is 0 Å². The van der Waals surface area contributed by atoms with E-state index in [-0.39, 0.29) is 5.75 Å². The molecular formula is C14H11N3O. The third-order valence-electron chi connectivity index (χ3n) is 2.59. The maximum Gasteiger partial charge on any atom is 0.149 e. The molecule has 2 aromatic carbocycles. The Balaban J connectivity index is 1.92. The molecule has 0 radical (unpaired) electrons. The molecule has 3 aromatic rings. The Kier molecular flexibility index (Phi) is 2.53. The third kappa shape index (κ3) is 2.08. The number of nitrogens with zero attached hydrogens (tertiary/aromatic N) is 2. The predicted octanol–water partition coefficient (Wildman–Crippen LogP) is 3.08. The minimum atomic E-state index is 0.241. The largest absolute Gasteiger partial charge is 0.508 e. The second-order valence-corrected chi connectivity index (χ2v) is 3.92. The summed E-state index contributed by atoms with van der Waals surface area (Å²) in [7, 11) is 0. The van der Waals surface area contributed by atoms with Gasteiger partial charge in [0.05, 0.1) is 17.2 Å². The van der Waals surface area contributed by atoms with E-state index in [0.717, 1.165) is 16.7 Å². The first-order valence-electron chi connectivity index (χ1n) is 5.59. The van der Waals surface area contributed by atoms with Crippen LogP contribution in [0.4, 0.5) is 11.5 Å². The van der Waals surface area contributed by atoms with Crippen LogP contribution in [0.3, 0.4) is 0 Å². The van der Waals surface area contributed by atoms with Crippen molar-refractivity contribution in [2.75, 3.05) is 5.32 Å². The highest BCUT2D eigenvalue weighted by Crippen LogP contribution is 2.19. The molecule has 18 heavy (non-hydrogen) atoms. The fourth-order valence-electron chi connectivity index (χ4n) is 1.71. The molecule has 0 aliphatic rings. The second-order valence-electron chi connectivity index (χ2n) is 3.92. The average molecular weight is 237 g/mol. The summed E-state index contributed by atoms with van der Waals surface area (Å²) in [5.74, 6) is 0.921. The maximum atomic E-state index is 9.21. The molecule has 0 atom stereocenters. The lowest BCUT2D eigenvalue weighted by Crippen LogP contribution is -1.94. The minimum Gasteiger partial charge on any atom is -0.508 e. The Hall–Kier alpha value is -2.62. The summed E-state index contributed by atoms with van der Waals surface area (Å²) >= 11 is 0. The van der Waals surface area contributed by atoms with Crippen molar-refractivity contribution in [1.82, 2.24) is 9.97 Å². The number of nitrogens with one attached hydrogen (secondary N) is 1. The molecule has 0 spiro atoms. The molecule has 0 saturated carbocycles. The number of phenols is 1. The lowest BCUT2D eigenvalue weighted by molar-refractivity contribution is 0.475. The minimum absolute atomic E-state index is 0.241. The molecule has 4 heteroatoms. The zero-order valence-electron chi connectivity index (χ0n) is 9.54. The van der Waals surface area contributed by atoms with Gasteiger partial charge in [-0.15, -0.1) is 0 Å². The second kappa shape index (κ2) is 4.33. The van der Waals surface area contributed by atoms with Gasteiger partial charge in [0, 0.05) is 5.69 Å². The van der Waals surface area contributed by atoms with E-state index in [4.69, 9.17) is 0 Å². The molecule has 0 unspecified atom stereocenters. The van der Waals surface area contributed by atoms with Crippen LogP contribution in [0.2, 0.25) is 0 Å². The fourth-order valence-corrected chi connectivity index (χ4v) is 1.71. The van der Waals surface area contributed by atoms with Crippen molar-refractivity contribution >= 4 is 22.5 Å². The van der Waals surface area contributed by atoms with Gasteiger partial charge in [0.2, 0.25) is 0 Å². The lowest BCUT2D eigenvalue weighted by atomic mass is 10.3. The fraction of sp³-hybridized carbons (Fsp3) is 0. The molecule has 0 aliphatic carbocycles. The van der Waals surface area contributed by atoms with Crippen molar-refractivity contribution < 1.29 is 5.11 Å². The Morgan fingerprint density at radius 1 is 0.889 bits per heavy atom. The van der Waals surface area contributed by atoms with Gasteiger partial charge in [-0.1, -0.05) is 12.1 Å².